The molecule has 7 rings (SSSR count). The molecule has 0 radical (unpaired) electrons. The lowest BCUT2D eigenvalue weighted by atomic mass is 9.80. The van der Waals surface area contributed by atoms with E-state index in [0.717, 1.165) is 78.2 Å². The van der Waals surface area contributed by atoms with E-state index in [2.05, 4.69) is 79.9 Å². The molecule has 0 bridgehead atoms. The zero-order valence-corrected chi connectivity index (χ0v) is 69.7. The number of aromatic nitrogens is 4. The fourth-order valence-electron chi connectivity index (χ4n) is 13.5. The molecule has 1 aliphatic heterocycles. The summed E-state index contributed by atoms with van der Waals surface area (Å²) in [7, 11) is 5.32. The minimum atomic E-state index is -1.54. The number of hydrogen-bond acceptors (Lipinski definition) is 20. The summed E-state index contributed by atoms with van der Waals surface area (Å²) in [6.07, 6.45) is 22.8. The molecule has 112 heavy (non-hydrogen) atoms. The highest BCUT2D eigenvalue weighted by Gasteiger charge is 2.44. The first-order chi connectivity index (χ1) is 54.0. The molecule has 1 unspecified atom stereocenters. The van der Waals surface area contributed by atoms with Gasteiger partial charge in [0.05, 0.1) is 51.4 Å². The topological polar surface area (TPSA) is 292 Å². The molecule has 2 aromatic heterocycles. The van der Waals surface area contributed by atoms with E-state index in [1.807, 2.05) is 78.6 Å². The lowest BCUT2D eigenvalue weighted by molar-refractivity contribution is -0.191. The van der Waals surface area contributed by atoms with Crippen molar-refractivity contribution < 1.29 is 61.6 Å². The summed E-state index contributed by atoms with van der Waals surface area (Å²) in [6, 6.07) is 32.5. The van der Waals surface area contributed by atoms with Crippen molar-refractivity contribution in [3.63, 3.8) is 0 Å². The number of methoxy groups -OCH3 is 2. The van der Waals surface area contributed by atoms with Gasteiger partial charge in [0.25, 0.3) is 20.0 Å². The van der Waals surface area contributed by atoms with Gasteiger partial charge in [-0.15, -0.1) is 0 Å². The Morgan fingerprint density at radius 1 is 0.688 bits per heavy atom. The van der Waals surface area contributed by atoms with Crippen LogP contribution in [0.4, 0.5) is 11.6 Å². The highest BCUT2D eigenvalue weighted by atomic mass is 33.1. The molecule has 4 aromatic carbocycles. The van der Waals surface area contributed by atoms with Gasteiger partial charge in [-0.2, -0.15) is 14.6 Å². The number of likely N-dealkylation sites (tertiary alicyclic amines) is 1. The molecule has 1 saturated heterocycles. The molecule has 4 atom stereocenters. The summed E-state index contributed by atoms with van der Waals surface area (Å²) in [5, 5.41) is 5.54. The number of aromatic amines is 1. The van der Waals surface area contributed by atoms with Gasteiger partial charge in [0.2, 0.25) is 30.2 Å². The first-order valence-corrected chi connectivity index (χ1v) is 43.2. The Hall–Kier alpha value is -8.24. The molecule has 0 aliphatic carbocycles. The van der Waals surface area contributed by atoms with Crippen LogP contribution in [0.2, 0.25) is 0 Å². The van der Waals surface area contributed by atoms with Crippen LogP contribution in [0, 0.1) is 12.5 Å². The van der Waals surface area contributed by atoms with E-state index in [1.54, 1.807) is 73.9 Å². The van der Waals surface area contributed by atoms with Crippen LogP contribution in [0.1, 0.15) is 236 Å². The molecule has 1 aliphatic rings. The molecule has 608 valence electrons. The van der Waals surface area contributed by atoms with Crippen molar-refractivity contribution in [1.82, 2.24) is 34.8 Å². The van der Waals surface area contributed by atoms with Gasteiger partial charge in [-0.3, -0.25) is 43.9 Å². The van der Waals surface area contributed by atoms with Gasteiger partial charge in [-0.05, 0) is 138 Å². The van der Waals surface area contributed by atoms with Gasteiger partial charge in [-0.1, -0.05) is 167 Å². The van der Waals surface area contributed by atoms with E-state index in [-0.39, 0.29) is 115 Å². The highest BCUT2D eigenvalue weighted by Crippen LogP contribution is 2.49. The average molecular weight is 1600 g/mol. The molecular formula is C85H117N10O14PS2. The molecule has 3 heterocycles. The van der Waals surface area contributed by atoms with E-state index in [4.69, 9.17) is 39.4 Å². The second-order valence-corrected chi connectivity index (χ2v) is 33.2. The molecule has 0 saturated carbocycles. The van der Waals surface area contributed by atoms with E-state index >= 15 is 0 Å². The second-order valence-electron chi connectivity index (χ2n) is 29.1. The largest absolute Gasteiger partial charge is 0.497 e. The number of ether oxygens (including phenoxy) is 3. The van der Waals surface area contributed by atoms with E-state index in [0.29, 0.717) is 80.6 Å². The number of nitrogens with one attached hydrogen (secondary N) is 3. The van der Waals surface area contributed by atoms with Crippen LogP contribution in [0.25, 0.3) is 16.0 Å². The molecular weight excluding hydrogens is 1480 g/mol. The number of ketones is 2. The summed E-state index contributed by atoms with van der Waals surface area (Å²) in [5.74, 6) is 2.55. The standard InChI is InChI=1S/C84H117N10O12PS2.CO2/c1-60(2)80(99)90-83-89-79-78(82(101)91-83)88-69(56-86-79)57-92(64(8)95)70-44-38-65(39-45-70)81(100)87-63(7)37-46-73(97)34-28-23-21-19-17-15-13-12-14-16-18-20-22-27-33-72(96)35-29-53-108-109-54-30-36-77(98)93-58-76(106-107(105-52-51-85-9)94(61(3)4)62(5)6)55-71(93)59-104-84(66-31-25-24-26-32-66,67-40-47-74(102-10)48-41-67)68-42-49-75(103-11)50-43-68;2-1-3/h24-26,31-32,38-45,47-50,56,60-63,71,76H,12-23,27-30,33-37,46,51-55,57-59H2,1-8,10-11H3,(H,87,100)(H2,86,89,90,91,99,101);/t63-,71+,76-,107?;/m1./s1. The van der Waals surface area contributed by atoms with Crippen molar-refractivity contribution in [3.8, 4) is 11.5 Å². The fraction of sp³-hybridized carbons (Fsp3) is 0.553. The number of amides is 4. The number of anilines is 2. The maximum absolute atomic E-state index is 14.6. The Morgan fingerprint density at radius 2 is 1.21 bits per heavy atom. The number of H-pyrrole nitrogens is 1. The van der Waals surface area contributed by atoms with E-state index in [9.17, 15) is 33.6 Å². The Kier molecular flexibility index (Phi) is 42.0. The maximum atomic E-state index is 14.6. The number of fused-ring (bicyclic) bond motifs is 1. The quantitative estimate of drug-likeness (QED) is 0.0105. The smallest absolute Gasteiger partial charge is 0.373 e. The SMILES string of the molecule is O=C=O.[C-]#[N+]CCOP(O[C@@H]1C[C@@H](COC(c2ccccc2)(c2ccc(OC)cc2)c2ccc(OC)cc2)N(C(=O)CCCSSCCCC(=O)CCCCCCCCCCCCCCCCC(=O)CC[C@@H](C)NC(=O)c2ccc(N(Cc3cnc4nc(NC(=O)C(C)C)[nH]c(=O)c4n3)C(C)=O)cc2)C1)N(C(C)C)C(C)C. The minimum Gasteiger partial charge on any atom is -0.497 e. The number of hydrogen-bond donors (Lipinski definition) is 3. The lowest BCUT2D eigenvalue weighted by Crippen LogP contribution is -2.42. The molecule has 6 aromatic rings. The zero-order chi connectivity index (χ0) is 81.2. The van der Waals surface area contributed by atoms with Gasteiger partial charge in [-0.25, -0.2) is 21.2 Å². The predicted octanol–water partition coefficient (Wildman–Crippen LogP) is 16.8. The maximum Gasteiger partial charge on any atom is 0.373 e. The van der Waals surface area contributed by atoms with Crippen LogP contribution in [-0.4, -0.2) is 153 Å². The lowest BCUT2D eigenvalue weighted by Gasteiger charge is -2.38. The van der Waals surface area contributed by atoms with Crippen LogP contribution in [0.3, 0.4) is 0 Å². The molecule has 3 N–H and O–H groups in total. The zero-order valence-electron chi connectivity index (χ0n) is 67.2. The Labute approximate surface area is 671 Å². The molecule has 24 nitrogen and oxygen atoms in total. The third-order valence-electron chi connectivity index (χ3n) is 19.4. The monoisotopic (exact) mass is 1600 g/mol. The average Bonchev–Trinajstić information content (AvgIpc) is 0.909. The summed E-state index contributed by atoms with van der Waals surface area (Å²) in [6.45, 7) is 23.8. The number of benzene rings is 4. The summed E-state index contributed by atoms with van der Waals surface area (Å²) < 4.78 is 34.1. The first kappa shape index (κ1) is 92.6. The van der Waals surface area contributed by atoms with Gasteiger partial charge in [0.15, 0.2) is 11.2 Å². The van der Waals surface area contributed by atoms with Crippen molar-refractivity contribution in [3.05, 3.63) is 159 Å². The number of nitrogens with zero attached hydrogens (tertiary/aromatic N) is 7. The van der Waals surface area contributed by atoms with Crippen molar-refractivity contribution in [1.29, 1.82) is 0 Å². The Balaban J connectivity index is 0.00000641. The molecule has 4 amide bonds. The minimum absolute atomic E-state index is 0.00531. The van der Waals surface area contributed by atoms with E-state index in [1.165, 1.54) is 75.8 Å². The number of carbonyl (C=O) groups is 6. The van der Waals surface area contributed by atoms with Gasteiger partial charge < -0.3 is 43.2 Å². The normalized spacial score (nSPS) is 14.0. The number of rotatable bonds is 52. The van der Waals surface area contributed by atoms with Crippen molar-refractivity contribution >= 4 is 94.3 Å². The van der Waals surface area contributed by atoms with Crippen LogP contribution >= 0.6 is 30.1 Å². The van der Waals surface area contributed by atoms with Crippen LogP contribution in [0.5, 0.6) is 11.5 Å². The molecule has 0 spiro atoms. The Morgan fingerprint density at radius 3 is 1.72 bits per heavy atom. The Bertz CT molecular complexity index is 3940. The second kappa shape index (κ2) is 50.8. The van der Waals surface area contributed by atoms with Crippen molar-refractivity contribution in [2.45, 2.75) is 245 Å². The third-order valence-corrected chi connectivity index (χ3v) is 24.2. The summed E-state index contributed by atoms with van der Waals surface area (Å²) in [5.41, 5.74) is 2.37. The first-order valence-electron chi connectivity index (χ1n) is 39.6. The van der Waals surface area contributed by atoms with Gasteiger partial charge in [0.1, 0.15) is 35.3 Å². The predicted molar refractivity (Wildman–Crippen MR) is 443 cm³/mol. The van der Waals surface area contributed by atoms with Crippen LogP contribution < -0.4 is 30.6 Å². The summed E-state index contributed by atoms with van der Waals surface area (Å²) >= 11 is 0. The van der Waals surface area contributed by atoms with Gasteiger partial charge in [0, 0.05) is 92.4 Å². The van der Waals surface area contributed by atoms with Crippen molar-refractivity contribution in [2.24, 2.45) is 5.92 Å². The fourth-order valence-corrected chi connectivity index (χ4v) is 17.3. The van der Waals surface area contributed by atoms with Gasteiger partial charge >= 0.3 is 6.15 Å². The number of carbonyl (C=O) groups excluding carboxylic acids is 8. The van der Waals surface area contributed by atoms with Crippen LogP contribution in [-0.2, 0) is 59.5 Å². The molecule has 27 heteroatoms. The molecule has 1 fully saturated rings. The van der Waals surface area contributed by atoms with Crippen molar-refractivity contribution in [2.75, 3.05) is 62.2 Å². The highest BCUT2D eigenvalue weighted by molar-refractivity contribution is 8.76. The third kappa shape index (κ3) is 30.9. The van der Waals surface area contributed by atoms with E-state index < -0.39 is 19.7 Å². The summed E-state index contributed by atoms with van der Waals surface area (Å²) in [4.78, 5) is 130. The number of unbranched alkanes of at least 4 members (excludes halogenated alkanes) is 13. The number of Topliss-reactive ketones (excluding diaryl/α,β-unsaturated/α-hetero) is 2. The van der Waals surface area contributed by atoms with Crippen LogP contribution in [0.15, 0.2) is 114 Å².